The lowest BCUT2D eigenvalue weighted by Crippen LogP contribution is -2.36. The first-order valence-corrected chi connectivity index (χ1v) is 10.6. The molecule has 170 valence electrons. The molecule has 2 amide bonds. The molecular weight excluding hydrogens is 436 g/mol. The number of ether oxygens (including phenoxy) is 1. The number of halogens is 1. The van der Waals surface area contributed by atoms with Crippen LogP contribution >= 0.6 is 11.6 Å². The fraction of sp³-hybridized carbons (Fsp3) is 0.364. The van der Waals surface area contributed by atoms with Gasteiger partial charge in [0.25, 0.3) is 11.6 Å². The summed E-state index contributed by atoms with van der Waals surface area (Å²) >= 11 is 6.00. The molecule has 32 heavy (non-hydrogen) atoms. The van der Waals surface area contributed by atoms with Crippen LogP contribution in [0.15, 0.2) is 42.5 Å². The third-order valence-corrected chi connectivity index (χ3v) is 5.51. The summed E-state index contributed by atoms with van der Waals surface area (Å²) in [5.74, 6) is 0.0404. The van der Waals surface area contributed by atoms with E-state index in [0.29, 0.717) is 42.5 Å². The van der Waals surface area contributed by atoms with Crippen molar-refractivity contribution in [2.24, 2.45) is 0 Å². The molecule has 9 nitrogen and oxygen atoms in total. The fourth-order valence-corrected chi connectivity index (χ4v) is 3.77. The number of carbonyl (C=O) groups is 2. The number of rotatable bonds is 7. The van der Waals surface area contributed by atoms with Gasteiger partial charge in [-0.1, -0.05) is 17.7 Å². The van der Waals surface area contributed by atoms with Crippen LogP contribution in [0.2, 0.25) is 5.02 Å². The van der Waals surface area contributed by atoms with Crippen molar-refractivity contribution in [1.82, 2.24) is 9.80 Å². The van der Waals surface area contributed by atoms with E-state index in [2.05, 4.69) is 10.2 Å². The zero-order valence-electron chi connectivity index (χ0n) is 17.8. The van der Waals surface area contributed by atoms with Crippen LogP contribution in [-0.2, 0) is 4.79 Å². The van der Waals surface area contributed by atoms with Crippen LogP contribution in [0.5, 0.6) is 5.75 Å². The molecule has 1 N–H and O–H groups in total. The highest BCUT2D eigenvalue weighted by molar-refractivity contribution is 6.30. The molecule has 0 unspecified atom stereocenters. The van der Waals surface area contributed by atoms with E-state index < -0.39 is 4.92 Å². The SMILES string of the molecule is COc1ccc([N+](=O)[O-])cc1NC(=O)CCN1CCCN(C(=O)c2cccc(Cl)c2)CC1. The molecule has 0 atom stereocenters. The monoisotopic (exact) mass is 460 g/mol. The average Bonchev–Trinajstić information content (AvgIpc) is 3.03. The van der Waals surface area contributed by atoms with Crippen LogP contribution in [0.3, 0.4) is 0 Å². The smallest absolute Gasteiger partial charge is 0.271 e. The second-order valence-electron chi connectivity index (χ2n) is 7.44. The Morgan fingerprint density at radius 2 is 1.97 bits per heavy atom. The van der Waals surface area contributed by atoms with E-state index in [-0.39, 0.29) is 29.6 Å². The Morgan fingerprint density at radius 1 is 1.16 bits per heavy atom. The lowest BCUT2D eigenvalue weighted by atomic mass is 10.2. The highest BCUT2D eigenvalue weighted by Crippen LogP contribution is 2.29. The number of nitrogens with zero attached hydrogens (tertiary/aromatic N) is 3. The minimum absolute atomic E-state index is 0.0511. The lowest BCUT2D eigenvalue weighted by molar-refractivity contribution is -0.384. The summed E-state index contributed by atoms with van der Waals surface area (Å²) in [4.78, 5) is 39.6. The van der Waals surface area contributed by atoms with Gasteiger partial charge in [0.2, 0.25) is 5.91 Å². The molecule has 2 aromatic carbocycles. The van der Waals surface area contributed by atoms with Crippen LogP contribution < -0.4 is 10.1 Å². The highest BCUT2D eigenvalue weighted by Gasteiger charge is 2.21. The first-order chi connectivity index (χ1) is 15.4. The Balaban J connectivity index is 1.52. The van der Waals surface area contributed by atoms with Crippen LogP contribution in [0, 0.1) is 10.1 Å². The number of methoxy groups -OCH3 is 1. The van der Waals surface area contributed by atoms with Crippen molar-refractivity contribution >= 4 is 34.8 Å². The van der Waals surface area contributed by atoms with Gasteiger partial charge >= 0.3 is 0 Å². The Bertz CT molecular complexity index is 1000. The first kappa shape index (κ1) is 23.5. The van der Waals surface area contributed by atoms with Gasteiger partial charge in [0, 0.05) is 55.3 Å². The molecule has 0 aromatic heterocycles. The second-order valence-corrected chi connectivity index (χ2v) is 7.87. The Labute approximate surface area is 191 Å². The predicted molar refractivity (Wildman–Crippen MR) is 121 cm³/mol. The fourth-order valence-electron chi connectivity index (χ4n) is 3.58. The van der Waals surface area contributed by atoms with Crippen molar-refractivity contribution in [2.75, 3.05) is 45.2 Å². The molecule has 10 heteroatoms. The maximum absolute atomic E-state index is 12.7. The van der Waals surface area contributed by atoms with Crippen molar-refractivity contribution in [2.45, 2.75) is 12.8 Å². The summed E-state index contributed by atoms with van der Waals surface area (Å²) in [6.07, 6.45) is 1.01. The summed E-state index contributed by atoms with van der Waals surface area (Å²) in [5.41, 5.74) is 0.704. The molecule has 0 radical (unpaired) electrons. The number of benzene rings is 2. The first-order valence-electron chi connectivity index (χ1n) is 10.3. The summed E-state index contributed by atoms with van der Waals surface area (Å²) in [5, 5.41) is 14.2. The van der Waals surface area contributed by atoms with Crippen molar-refractivity contribution in [3.8, 4) is 5.75 Å². The van der Waals surface area contributed by atoms with E-state index in [1.165, 1.54) is 25.3 Å². The van der Waals surface area contributed by atoms with Gasteiger partial charge in [0.05, 0.1) is 17.7 Å². The molecule has 1 fully saturated rings. The normalized spacial score (nSPS) is 14.5. The Morgan fingerprint density at radius 3 is 2.69 bits per heavy atom. The second kappa shape index (κ2) is 10.9. The Hall–Kier alpha value is -3.17. The topological polar surface area (TPSA) is 105 Å². The maximum atomic E-state index is 12.7. The van der Waals surface area contributed by atoms with E-state index in [1.54, 1.807) is 29.2 Å². The minimum Gasteiger partial charge on any atom is -0.495 e. The van der Waals surface area contributed by atoms with Gasteiger partial charge in [-0.2, -0.15) is 0 Å². The van der Waals surface area contributed by atoms with Gasteiger partial charge in [-0.25, -0.2) is 0 Å². The minimum atomic E-state index is -0.525. The van der Waals surface area contributed by atoms with Crippen molar-refractivity contribution < 1.29 is 19.2 Å². The molecule has 0 bridgehead atoms. The van der Waals surface area contributed by atoms with Crippen molar-refractivity contribution in [3.63, 3.8) is 0 Å². The zero-order chi connectivity index (χ0) is 23.1. The molecular formula is C22H25ClN4O5. The number of nitro benzene ring substituents is 1. The largest absolute Gasteiger partial charge is 0.495 e. The van der Waals surface area contributed by atoms with Crippen molar-refractivity contribution in [3.05, 3.63) is 63.2 Å². The standard InChI is InChI=1S/C22H25ClN4O5/c1-32-20-7-6-18(27(30)31)15-19(20)24-21(28)8-11-25-9-3-10-26(13-12-25)22(29)16-4-2-5-17(23)14-16/h2,4-7,14-15H,3,8-13H2,1H3,(H,24,28). The molecule has 2 aromatic rings. The summed E-state index contributed by atoms with van der Waals surface area (Å²) in [7, 11) is 1.44. The predicted octanol–water partition coefficient (Wildman–Crippen LogP) is 3.43. The number of anilines is 1. The van der Waals surface area contributed by atoms with Gasteiger partial charge in [-0.05, 0) is 37.2 Å². The third kappa shape index (κ3) is 6.18. The van der Waals surface area contributed by atoms with Crippen LogP contribution in [0.1, 0.15) is 23.2 Å². The average molecular weight is 461 g/mol. The number of nitro groups is 1. The quantitative estimate of drug-likeness (QED) is 0.501. The molecule has 1 saturated heterocycles. The molecule has 1 heterocycles. The van der Waals surface area contributed by atoms with E-state index in [1.807, 2.05) is 0 Å². The third-order valence-electron chi connectivity index (χ3n) is 5.27. The van der Waals surface area contributed by atoms with Gasteiger partial charge in [-0.3, -0.25) is 19.7 Å². The van der Waals surface area contributed by atoms with E-state index in [0.717, 1.165) is 13.0 Å². The molecule has 0 spiro atoms. The Kier molecular flexibility index (Phi) is 8.02. The van der Waals surface area contributed by atoms with Crippen LogP contribution in [0.4, 0.5) is 11.4 Å². The van der Waals surface area contributed by atoms with E-state index in [4.69, 9.17) is 16.3 Å². The van der Waals surface area contributed by atoms with Gasteiger partial charge in [0.1, 0.15) is 5.75 Å². The highest BCUT2D eigenvalue weighted by atomic mass is 35.5. The van der Waals surface area contributed by atoms with Gasteiger partial charge in [0.15, 0.2) is 0 Å². The number of carbonyl (C=O) groups excluding carboxylic acids is 2. The summed E-state index contributed by atoms with van der Waals surface area (Å²) < 4.78 is 5.18. The van der Waals surface area contributed by atoms with E-state index in [9.17, 15) is 19.7 Å². The molecule has 3 rings (SSSR count). The molecule has 1 aliphatic rings. The molecule has 1 aliphatic heterocycles. The summed E-state index contributed by atoms with van der Waals surface area (Å²) in [6, 6.07) is 11.0. The number of hydrogen-bond acceptors (Lipinski definition) is 6. The van der Waals surface area contributed by atoms with Gasteiger partial charge < -0.3 is 19.9 Å². The maximum Gasteiger partial charge on any atom is 0.271 e. The summed E-state index contributed by atoms with van der Waals surface area (Å²) in [6.45, 7) is 3.14. The molecule has 0 saturated carbocycles. The number of nitrogens with one attached hydrogen (secondary N) is 1. The number of non-ortho nitro benzene ring substituents is 1. The lowest BCUT2D eigenvalue weighted by Gasteiger charge is -2.22. The van der Waals surface area contributed by atoms with Crippen molar-refractivity contribution in [1.29, 1.82) is 0 Å². The number of amides is 2. The van der Waals surface area contributed by atoms with Gasteiger partial charge in [-0.15, -0.1) is 0 Å². The zero-order valence-corrected chi connectivity index (χ0v) is 18.5. The van der Waals surface area contributed by atoms with E-state index >= 15 is 0 Å². The molecule has 0 aliphatic carbocycles. The van der Waals surface area contributed by atoms with Crippen LogP contribution in [0.25, 0.3) is 0 Å². The van der Waals surface area contributed by atoms with Crippen LogP contribution in [-0.4, -0.2) is 66.4 Å². The number of hydrogen-bond donors (Lipinski definition) is 1.